The molecule has 0 heterocycles. The van der Waals surface area contributed by atoms with E-state index in [2.05, 4.69) is 5.32 Å². The Hall–Kier alpha value is -3.15. The van der Waals surface area contributed by atoms with Crippen LogP contribution in [0.15, 0.2) is 54.6 Å². The van der Waals surface area contributed by atoms with E-state index >= 15 is 0 Å². The molecule has 148 valence electrons. The number of ether oxygens (including phenoxy) is 1. The smallest absolute Gasteiger partial charge is 0.396 e. The Morgan fingerprint density at radius 3 is 2.18 bits per heavy atom. The maximum Gasteiger partial charge on any atom is 0.396 e. The maximum absolute atomic E-state index is 12.0. The molecule has 2 atom stereocenters. The van der Waals surface area contributed by atoms with E-state index in [0.717, 1.165) is 16.7 Å². The van der Waals surface area contributed by atoms with Crippen LogP contribution in [0.25, 0.3) is 11.1 Å². The highest BCUT2D eigenvalue weighted by Gasteiger charge is 2.24. The third-order valence-electron chi connectivity index (χ3n) is 4.40. The quantitative estimate of drug-likeness (QED) is 0.540. The van der Waals surface area contributed by atoms with Crippen LogP contribution < -0.4 is 5.32 Å². The number of carbonyl (C=O) groups is 3. The van der Waals surface area contributed by atoms with Crippen LogP contribution in [0.4, 0.5) is 0 Å². The lowest BCUT2D eigenvalue weighted by molar-refractivity contribution is -0.155. The van der Waals surface area contributed by atoms with Gasteiger partial charge in [-0.15, -0.1) is 0 Å². The summed E-state index contributed by atoms with van der Waals surface area (Å²) in [7, 11) is 0. The third kappa shape index (κ3) is 6.23. The van der Waals surface area contributed by atoms with Crippen molar-refractivity contribution in [1.29, 1.82) is 0 Å². The summed E-state index contributed by atoms with van der Waals surface area (Å²) in [5.74, 6) is -3.42. The van der Waals surface area contributed by atoms with Crippen molar-refractivity contribution in [3.63, 3.8) is 0 Å². The zero-order chi connectivity index (χ0) is 20.5. The molecule has 0 saturated carbocycles. The molecule has 0 saturated heterocycles. The summed E-state index contributed by atoms with van der Waals surface area (Å²) in [4.78, 5) is 34.8. The molecule has 0 aliphatic heterocycles. The molecule has 2 aromatic carbocycles. The van der Waals surface area contributed by atoms with E-state index in [4.69, 9.17) is 4.74 Å². The van der Waals surface area contributed by atoms with Gasteiger partial charge in [0.05, 0.1) is 12.5 Å². The number of carbonyl (C=O) groups excluding carboxylic acids is 2. The molecule has 2 rings (SSSR count). The molecule has 0 bridgehead atoms. The van der Waals surface area contributed by atoms with Gasteiger partial charge in [0.25, 0.3) is 0 Å². The molecule has 0 spiro atoms. The molecule has 2 aromatic rings. The number of nitrogens with one attached hydrogen (secondary N) is 1. The van der Waals surface area contributed by atoms with Crippen LogP contribution in [0.1, 0.15) is 25.8 Å². The molecule has 6 nitrogen and oxygen atoms in total. The summed E-state index contributed by atoms with van der Waals surface area (Å²) in [5.41, 5.74) is 3.10. The Morgan fingerprint density at radius 1 is 1.00 bits per heavy atom. The van der Waals surface area contributed by atoms with E-state index in [1.54, 1.807) is 13.8 Å². The molecule has 1 amide bonds. The summed E-state index contributed by atoms with van der Waals surface area (Å²) < 4.78 is 4.70. The highest BCUT2D eigenvalue weighted by molar-refractivity contribution is 6.32. The van der Waals surface area contributed by atoms with Crippen LogP contribution in [0.2, 0.25) is 0 Å². The average Bonchev–Trinajstić information content (AvgIpc) is 2.69. The van der Waals surface area contributed by atoms with Crippen molar-refractivity contribution < 1.29 is 24.2 Å². The molecule has 0 fully saturated rings. The van der Waals surface area contributed by atoms with Gasteiger partial charge in [0.1, 0.15) is 0 Å². The van der Waals surface area contributed by atoms with Gasteiger partial charge >= 0.3 is 17.8 Å². The van der Waals surface area contributed by atoms with E-state index in [1.807, 2.05) is 54.6 Å². The monoisotopic (exact) mass is 383 g/mol. The van der Waals surface area contributed by atoms with Crippen molar-refractivity contribution in [2.24, 2.45) is 5.92 Å². The fourth-order valence-electron chi connectivity index (χ4n) is 2.91. The Bertz CT molecular complexity index is 801. The van der Waals surface area contributed by atoms with Crippen molar-refractivity contribution in [2.45, 2.75) is 32.7 Å². The summed E-state index contributed by atoms with van der Waals surface area (Å²) >= 11 is 0. The lowest BCUT2D eigenvalue weighted by atomic mass is 9.95. The minimum absolute atomic E-state index is 0.101. The lowest BCUT2D eigenvalue weighted by Crippen LogP contribution is -2.42. The molecule has 0 radical (unpaired) electrons. The van der Waals surface area contributed by atoms with Gasteiger partial charge in [-0.3, -0.25) is 9.59 Å². The maximum atomic E-state index is 12.0. The SMILES string of the molecule is CCOC(=O)C(=O)NC(Cc1ccc(-c2ccccc2)cc1)CC(C)C(=O)O. The number of rotatable bonds is 8. The van der Waals surface area contributed by atoms with Crippen molar-refractivity contribution in [2.75, 3.05) is 6.61 Å². The second kappa shape index (κ2) is 10.3. The van der Waals surface area contributed by atoms with Crippen LogP contribution in [-0.2, 0) is 25.5 Å². The first-order valence-corrected chi connectivity index (χ1v) is 9.25. The molecule has 6 heteroatoms. The highest BCUT2D eigenvalue weighted by atomic mass is 16.5. The Morgan fingerprint density at radius 2 is 1.61 bits per heavy atom. The van der Waals surface area contributed by atoms with Gasteiger partial charge in [0, 0.05) is 6.04 Å². The number of esters is 1. The zero-order valence-electron chi connectivity index (χ0n) is 16.1. The third-order valence-corrected chi connectivity index (χ3v) is 4.40. The van der Waals surface area contributed by atoms with Crippen LogP contribution in [0.3, 0.4) is 0 Å². The van der Waals surface area contributed by atoms with Gasteiger partial charge in [-0.25, -0.2) is 4.79 Å². The van der Waals surface area contributed by atoms with Gasteiger partial charge < -0.3 is 15.2 Å². The fourth-order valence-corrected chi connectivity index (χ4v) is 2.91. The van der Waals surface area contributed by atoms with Gasteiger partial charge in [-0.2, -0.15) is 0 Å². The van der Waals surface area contributed by atoms with E-state index in [1.165, 1.54) is 0 Å². The van der Waals surface area contributed by atoms with Crippen molar-refractivity contribution in [3.05, 3.63) is 60.2 Å². The first kappa shape index (κ1) is 21.2. The highest BCUT2D eigenvalue weighted by Crippen LogP contribution is 2.20. The average molecular weight is 383 g/mol. The molecule has 0 aliphatic rings. The van der Waals surface area contributed by atoms with Gasteiger partial charge in [0.2, 0.25) is 0 Å². The molecule has 2 unspecified atom stereocenters. The Kier molecular flexibility index (Phi) is 7.75. The number of amides is 1. The standard InChI is InChI=1S/C22H25NO5/c1-3-28-22(27)20(24)23-19(13-15(2)21(25)26)14-16-9-11-18(12-10-16)17-7-5-4-6-8-17/h4-12,15,19H,3,13-14H2,1-2H3,(H,23,24)(H,25,26). The van der Waals surface area contributed by atoms with E-state index < -0.39 is 29.8 Å². The normalized spacial score (nSPS) is 12.6. The van der Waals surface area contributed by atoms with Crippen LogP contribution >= 0.6 is 0 Å². The number of benzene rings is 2. The van der Waals surface area contributed by atoms with Crippen LogP contribution in [-0.4, -0.2) is 35.6 Å². The second-order valence-electron chi connectivity index (χ2n) is 6.63. The summed E-state index contributed by atoms with van der Waals surface area (Å²) in [5, 5.41) is 11.8. The second-order valence-corrected chi connectivity index (χ2v) is 6.63. The molecular weight excluding hydrogens is 358 g/mol. The van der Waals surface area contributed by atoms with Crippen molar-refractivity contribution >= 4 is 17.8 Å². The Balaban J connectivity index is 2.11. The van der Waals surface area contributed by atoms with Crippen molar-refractivity contribution in [3.8, 4) is 11.1 Å². The number of carboxylic acid groups (broad SMARTS) is 1. The summed E-state index contributed by atoms with van der Waals surface area (Å²) in [6.45, 7) is 3.29. The predicted molar refractivity (Wildman–Crippen MR) is 106 cm³/mol. The van der Waals surface area contributed by atoms with Crippen LogP contribution in [0.5, 0.6) is 0 Å². The van der Waals surface area contributed by atoms with Gasteiger partial charge in [0.15, 0.2) is 0 Å². The predicted octanol–water partition coefficient (Wildman–Crippen LogP) is 3.05. The van der Waals surface area contributed by atoms with E-state index in [0.29, 0.717) is 6.42 Å². The van der Waals surface area contributed by atoms with Crippen molar-refractivity contribution in [1.82, 2.24) is 5.32 Å². The van der Waals surface area contributed by atoms with Gasteiger partial charge in [-0.05, 0) is 36.5 Å². The van der Waals surface area contributed by atoms with Crippen LogP contribution in [0, 0.1) is 5.92 Å². The largest absolute Gasteiger partial charge is 0.481 e. The molecule has 0 aromatic heterocycles. The minimum Gasteiger partial charge on any atom is -0.481 e. The lowest BCUT2D eigenvalue weighted by Gasteiger charge is -2.20. The number of hydrogen-bond acceptors (Lipinski definition) is 4. The number of hydrogen-bond donors (Lipinski definition) is 2. The topological polar surface area (TPSA) is 92.7 Å². The molecular formula is C22H25NO5. The first-order chi connectivity index (χ1) is 13.4. The minimum atomic E-state index is -0.963. The number of aliphatic carboxylic acids is 1. The summed E-state index contributed by atoms with van der Waals surface area (Å²) in [6, 6.07) is 17.3. The molecule has 28 heavy (non-hydrogen) atoms. The molecule has 0 aliphatic carbocycles. The summed E-state index contributed by atoms with van der Waals surface area (Å²) in [6.07, 6.45) is 0.624. The van der Waals surface area contributed by atoms with Gasteiger partial charge in [-0.1, -0.05) is 61.5 Å². The Labute approximate surface area is 164 Å². The fraction of sp³-hybridized carbons (Fsp3) is 0.318. The zero-order valence-corrected chi connectivity index (χ0v) is 16.1. The first-order valence-electron chi connectivity index (χ1n) is 9.25. The molecule has 2 N–H and O–H groups in total. The number of carboxylic acids is 1. The van der Waals surface area contributed by atoms with E-state index in [-0.39, 0.29) is 13.0 Å². The van der Waals surface area contributed by atoms with E-state index in [9.17, 15) is 19.5 Å².